The van der Waals surface area contributed by atoms with Crippen molar-refractivity contribution in [1.29, 1.82) is 0 Å². The van der Waals surface area contributed by atoms with Gasteiger partial charge in [-0.15, -0.1) is 13.2 Å². The van der Waals surface area contributed by atoms with Gasteiger partial charge in [-0.2, -0.15) is 0 Å². The molecule has 1 aromatic rings. The molecule has 0 radical (unpaired) electrons. The molecule has 0 saturated carbocycles. The van der Waals surface area contributed by atoms with Crippen LogP contribution in [0.4, 0.5) is 0 Å². The van der Waals surface area contributed by atoms with Gasteiger partial charge in [0.25, 0.3) is 0 Å². The van der Waals surface area contributed by atoms with Crippen molar-refractivity contribution in [2.45, 2.75) is 25.0 Å². The molecule has 98 valence electrons. The minimum absolute atomic E-state index is 0.149. The van der Waals surface area contributed by atoms with E-state index in [0.717, 1.165) is 11.1 Å². The second kappa shape index (κ2) is 6.55. The molecule has 18 heavy (non-hydrogen) atoms. The van der Waals surface area contributed by atoms with E-state index in [2.05, 4.69) is 13.2 Å². The molecule has 3 heteroatoms. The van der Waals surface area contributed by atoms with Gasteiger partial charge in [0.15, 0.2) is 9.84 Å². The first-order chi connectivity index (χ1) is 8.47. The third-order valence-corrected chi connectivity index (χ3v) is 4.90. The van der Waals surface area contributed by atoms with E-state index in [1.807, 2.05) is 37.3 Å². The Bertz CT molecular complexity index is 501. The molecule has 0 bridgehead atoms. The fourth-order valence-electron chi connectivity index (χ4n) is 1.77. The molecular weight excluding hydrogens is 244 g/mol. The lowest BCUT2D eigenvalue weighted by Crippen LogP contribution is -2.16. The number of sulfone groups is 1. The number of hydrogen-bond acceptors (Lipinski definition) is 2. The van der Waals surface area contributed by atoms with Crippen molar-refractivity contribution < 1.29 is 8.42 Å². The van der Waals surface area contributed by atoms with Gasteiger partial charge in [-0.25, -0.2) is 8.42 Å². The van der Waals surface area contributed by atoms with E-state index in [4.69, 9.17) is 0 Å². The van der Waals surface area contributed by atoms with Crippen LogP contribution in [-0.2, 0) is 9.84 Å². The zero-order valence-electron chi connectivity index (χ0n) is 10.8. The molecule has 0 aliphatic carbocycles. The summed E-state index contributed by atoms with van der Waals surface area (Å²) in [4.78, 5) is 0. The van der Waals surface area contributed by atoms with E-state index >= 15 is 0 Å². The molecule has 1 rings (SSSR count). The Hall–Kier alpha value is -1.35. The van der Waals surface area contributed by atoms with Crippen molar-refractivity contribution in [3.63, 3.8) is 0 Å². The summed E-state index contributed by atoms with van der Waals surface area (Å²) in [5, 5.41) is -0.490. The van der Waals surface area contributed by atoms with Gasteiger partial charge in [0.05, 0.1) is 11.0 Å². The zero-order valence-corrected chi connectivity index (χ0v) is 11.6. The molecule has 1 aromatic carbocycles. The lowest BCUT2D eigenvalue weighted by Gasteiger charge is -2.16. The Kier molecular flexibility index (Phi) is 5.35. The topological polar surface area (TPSA) is 34.1 Å². The lowest BCUT2D eigenvalue weighted by molar-refractivity contribution is 0.581. The molecule has 0 fully saturated rings. The minimum atomic E-state index is -3.16. The molecule has 2 nitrogen and oxygen atoms in total. The van der Waals surface area contributed by atoms with E-state index < -0.39 is 15.1 Å². The summed E-state index contributed by atoms with van der Waals surface area (Å²) < 4.78 is 24.7. The molecule has 0 saturated heterocycles. The Morgan fingerprint density at radius 3 is 2.44 bits per heavy atom. The van der Waals surface area contributed by atoms with Crippen molar-refractivity contribution in [1.82, 2.24) is 0 Å². The summed E-state index contributed by atoms with van der Waals surface area (Å²) >= 11 is 0. The average molecular weight is 264 g/mol. The Labute approximate surface area is 110 Å². The first-order valence-corrected chi connectivity index (χ1v) is 7.70. The smallest absolute Gasteiger partial charge is 0.157 e. The first-order valence-electron chi connectivity index (χ1n) is 5.99. The zero-order chi connectivity index (χ0) is 13.6. The van der Waals surface area contributed by atoms with E-state index in [1.54, 1.807) is 6.08 Å². The summed E-state index contributed by atoms with van der Waals surface area (Å²) in [5.41, 5.74) is 1.73. The van der Waals surface area contributed by atoms with Gasteiger partial charge in [-0.1, -0.05) is 42.0 Å². The molecule has 0 N–H and O–H groups in total. The van der Waals surface area contributed by atoms with Crippen LogP contribution in [0.2, 0.25) is 0 Å². The highest BCUT2D eigenvalue weighted by atomic mass is 32.2. The summed E-state index contributed by atoms with van der Waals surface area (Å²) in [7, 11) is -3.16. The maximum Gasteiger partial charge on any atom is 0.157 e. The Balaban J connectivity index is 2.98. The molecule has 0 heterocycles. The lowest BCUT2D eigenvalue weighted by atomic mass is 10.1. The van der Waals surface area contributed by atoms with Crippen LogP contribution in [0.3, 0.4) is 0 Å². The van der Waals surface area contributed by atoms with Crippen LogP contribution in [0.5, 0.6) is 0 Å². The second-order valence-electron chi connectivity index (χ2n) is 4.50. The predicted octanol–water partition coefficient (Wildman–Crippen LogP) is 3.68. The second-order valence-corrected chi connectivity index (χ2v) is 6.80. The third kappa shape index (κ3) is 4.15. The van der Waals surface area contributed by atoms with Gasteiger partial charge in [0, 0.05) is 0 Å². The molecule has 1 atom stereocenters. The molecule has 0 aliphatic rings. The first kappa shape index (κ1) is 14.7. The molecule has 0 aliphatic heterocycles. The highest BCUT2D eigenvalue weighted by molar-refractivity contribution is 7.91. The minimum Gasteiger partial charge on any atom is -0.228 e. The largest absolute Gasteiger partial charge is 0.228 e. The van der Waals surface area contributed by atoms with E-state index in [-0.39, 0.29) is 5.75 Å². The van der Waals surface area contributed by atoms with Crippen LogP contribution in [0.15, 0.2) is 55.1 Å². The SMILES string of the molecule is C=CCC(c1ccccc1)S(=O)(=O)CCC(=C)C. The summed E-state index contributed by atoms with van der Waals surface area (Å²) in [6.07, 6.45) is 2.63. The van der Waals surface area contributed by atoms with Crippen molar-refractivity contribution >= 4 is 9.84 Å². The summed E-state index contributed by atoms with van der Waals surface area (Å²) in [5.74, 6) is 0.149. The summed E-state index contributed by atoms with van der Waals surface area (Å²) in [6.45, 7) is 9.25. The number of allylic oxidation sites excluding steroid dienone is 2. The van der Waals surface area contributed by atoms with Crippen LogP contribution < -0.4 is 0 Å². The molecule has 0 spiro atoms. The van der Waals surface area contributed by atoms with Crippen LogP contribution in [0, 0.1) is 0 Å². The quantitative estimate of drug-likeness (QED) is 0.704. The average Bonchev–Trinajstić information content (AvgIpc) is 2.34. The molecule has 1 unspecified atom stereocenters. The number of rotatable bonds is 7. The van der Waals surface area contributed by atoms with E-state index in [0.29, 0.717) is 12.8 Å². The normalized spacial score (nSPS) is 12.9. The van der Waals surface area contributed by atoms with E-state index in [1.165, 1.54) is 0 Å². The van der Waals surface area contributed by atoms with Gasteiger partial charge in [0.2, 0.25) is 0 Å². The number of benzene rings is 1. The number of hydrogen-bond donors (Lipinski definition) is 0. The van der Waals surface area contributed by atoms with Gasteiger partial charge < -0.3 is 0 Å². The van der Waals surface area contributed by atoms with Crippen molar-refractivity contribution in [2.24, 2.45) is 0 Å². The standard InChI is InChI=1S/C15H20O2S/c1-4-8-15(14-9-6-5-7-10-14)18(16,17)12-11-13(2)3/h4-7,9-10,15H,1-2,8,11-12H2,3H3. The highest BCUT2D eigenvalue weighted by Crippen LogP contribution is 2.27. The van der Waals surface area contributed by atoms with Gasteiger partial charge in [0.1, 0.15) is 0 Å². The molecule has 0 aromatic heterocycles. The highest BCUT2D eigenvalue weighted by Gasteiger charge is 2.25. The fourth-order valence-corrected chi connectivity index (χ4v) is 3.69. The van der Waals surface area contributed by atoms with Crippen LogP contribution >= 0.6 is 0 Å². The Morgan fingerprint density at radius 1 is 1.33 bits per heavy atom. The molecule has 0 amide bonds. The predicted molar refractivity (Wildman–Crippen MR) is 77.2 cm³/mol. The van der Waals surface area contributed by atoms with Crippen molar-refractivity contribution in [2.75, 3.05) is 5.75 Å². The third-order valence-electron chi connectivity index (χ3n) is 2.80. The van der Waals surface area contributed by atoms with Crippen molar-refractivity contribution in [3.8, 4) is 0 Å². The van der Waals surface area contributed by atoms with Crippen LogP contribution in [0.25, 0.3) is 0 Å². The van der Waals surface area contributed by atoms with Gasteiger partial charge >= 0.3 is 0 Å². The monoisotopic (exact) mass is 264 g/mol. The van der Waals surface area contributed by atoms with E-state index in [9.17, 15) is 8.42 Å². The van der Waals surface area contributed by atoms with Gasteiger partial charge in [-0.05, 0) is 25.3 Å². The maximum atomic E-state index is 12.3. The summed E-state index contributed by atoms with van der Waals surface area (Å²) in [6, 6.07) is 9.31. The van der Waals surface area contributed by atoms with Crippen molar-refractivity contribution in [3.05, 3.63) is 60.7 Å². The maximum absolute atomic E-state index is 12.3. The van der Waals surface area contributed by atoms with Crippen LogP contribution in [0.1, 0.15) is 30.6 Å². The van der Waals surface area contributed by atoms with Gasteiger partial charge in [-0.3, -0.25) is 0 Å². The van der Waals surface area contributed by atoms with Crippen LogP contribution in [-0.4, -0.2) is 14.2 Å². The fraction of sp³-hybridized carbons (Fsp3) is 0.333. The molecular formula is C15H20O2S. The Morgan fingerprint density at radius 2 is 1.94 bits per heavy atom.